The number of benzene rings is 2. The lowest BCUT2D eigenvalue weighted by Crippen LogP contribution is -2.60. The third-order valence-electron chi connectivity index (χ3n) is 5.11. The topological polar surface area (TPSA) is 105 Å². The van der Waals surface area contributed by atoms with Gasteiger partial charge < -0.3 is 14.6 Å². The van der Waals surface area contributed by atoms with Crippen LogP contribution < -0.4 is 5.43 Å². The number of esters is 1. The molecule has 0 heterocycles. The van der Waals surface area contributed by atoms with Crippen molar-refractivity contribution < 1.29 is 29.0 Å². The molecule has 1 amide bonds. The van der Waals surface area contributed by atoms with E-state index in [-0.39, 0.29) is 12.8 Å². The molecular weight excluding hydrogens is 436 g/mol. The summed E-state index contributed by atoms with van der Waals surface area (Å²) in [4.78, 5) is 38.0. The molecule has 0 unspecified atom stereocenters. The van der Waals surface area contributed by atoms with Gasteiger partial charge in [0.1, 0.15) is 11.6 Å². The fourth-order valence-corrected chi connectivity index (χ4v) is 3.34. The molecule has 0 aliphatic carbocycles. The standard InChI is InChI=1S/C26H34N2O6/c1-6-18-12-14-20(15-13-18)16-21(23(29)30)27-28(25(32)34-26(2,3)4)22(24(31)33-5)17-19-10-8-7-9-11-19/h7-15,21-22,27H,6,16-17H2,1-5H3,(H,29,30)/t21-,22-/m0/s1. The summed E-state index contributed by atoms with van der Waals surface area (Å²) in [6, 6.07) is 14.3. The number of amides is 1. The highest BCUT2D eigenvalue weighted by Crippen LogP contribution is 2.16. The van der Waals surface area contributed by atoms with E-state index in [0.29, 0.717) is 0 Å². The number of methoxy groups -OCH3 is 1. The van der Waals surface area contributed by atoms with E-state index in [4.69, 9.17) is 9.47 Å². The maximum Gasteiger partial charge on any atom is 0.425 e. The van der Waals surface area contributed by atoms with Crippen LogP contribution in [0.1, 0.15) is 44.4 Å². The van der Waals surface area contributed by atoms with Gasteiger partial charge in [-0.15, -0.1) is 0 Å². The fraction of sp³-hybridized carbons (Fsp3) is 0.423. The Labute approximate surface area is 200 Å². The molecule has 0 saturated heterocycles. The number of carbonyl (C=O) groups excluding carboxylic acids is 2. The van der Waals surface area contributed by atoms with Gasteiger partial charge in [0.05, 0.1) is 7.11 Å². The molecule has 8 heteroatoms. The Hall–Kier alpha value is -3.39. The number of hydrogen-bond acceptors (Lipinski definition) is 6. The summed E-state index contributed by atoms with van der Waals surface area (Å²) in [5.74, 6) is -1.87. The zero-order chi connectivity index (χ0) is 25.3. The maximum absolute atomic E-state index is 13.1. The molecule has 2 rings (SSSR count). The van der Waals surface area contributed by atoms with Crippen molar-refractivity contribution in [2.75, 3.05) is 7.11 Å². The summed E-state index contributed by atoms with van der Waals surface area (Å²) in [6.07, 6.45) is 0.203. The molecule has 2 aromatic carbocycles. The molecule has 2 aromatic rings. The van der Waals surface area contributed by atoms with Gasteiger partial charge in [0.25, 0.3) is 0 Å². The van der Waals surface area contributed by atoms with Gasteiger partial charge >= 0.3 is 18.0 Å². The van der Waals surface area contributed by atoms with E-state index in [9.17, 15) is 19.5 Å². The van der Waals surface area contributed by atoms with E-state index < -0.39 is 35.7 Å². The molecule has 2 atom stereocenters. The normalized spacial score (nSPS) is 13.0. The quantitative estimate of drug-likeness (QED) is 0.402. The van der Waals surface area contributed by atoms with E-state index >= 15 is 0 Å². The lowest BCUT2D eigenvalue weighted by molar-refractivity contribution is -0.151. The van der Waals surface area contributed by atoms with E-state index in [2.05, 4.69) is 5.43 Å². The molecule has 0 radical (unpaired) electrons. The smallest absolute Gasteiger partial charge is 0.425 e. The first kappa shape index (κ1) is 26.9. The third kappa shape index (κ3) is 8.19. The minimum absolute atomic E-state index is 0.0951. The number of carboxylic acids is 1. The molecule has 34 heavy (non-hydrogen) atoms. The lowest BCUT2D eigenvalue weighted by atomic mass is 10.0. The maximum atomic E-state index is 13.1. The van der Waals surface area contributed by atoms with Gasteiger partial charge in [0.2, 0.25) is 0 Å². The van der Waals surface area contributed by atoms with Crippen LogP contribution in [0.2, 0.25) is 0 Å². The number of ether oxygens (including phenoxy) is 2. The molecular formula is C26H34N2O6. The number of nitrogens with zero attached hydrogens (tertiary/aromatic N) is 1. The Morgan fingerprint density at radius 3 is 2.00 bits per heavy atom. The average Bonchev–Trinajstić information content (AvgIpc) is 2.79. The Bertz CT molecular complexity index is 954. The number of rotatable bonds is 10. The highest BCUT2D eigenvalue weighted by atomic mass is 16.6. The second kappa shape index (κ2) is 12.2. The van der Waals surface area contributed by atoms with Gasteiger partial charge in [-0.1, -0.05) is 61.5 Å². The Morgan fingerprint density at radius 2 is 1.50 bits per heavy atom. The van der Waals surface area contributed by atoms with Crippen molar-refractivity contribution in [1.82, 2.24) is 10.4 Å². The van der Waals surface area contributed by atoms with E-state index in [1.807, 2.05) is 61.5 Å². The number of aryl methyl sites for hydroxylation is 1. The number of nitrogens with one attached hydrogen (secondary N) is 1. The van der Waals surface area contributed by atoms with E-state index in [1.165, 1.54) is 7.11 Å². The second-order valence-electron chi connectivity index (χ2n) is 8.97. The first-order valence-corrected chi connectivity index (χ1v) is 11.2. The summed E-state index contributed by atoms with van der Waals surface area (Å²) in [5.41, 5.74) is 4.57. The largest absolute Gasteiger partial charge is 0.480 e. The van der Waals surface area contributed by atoms with Gasteiger partial charge in [-0.05, 0) is 43.9 Å². The van der Waals surface area contributed by atoms with E-state index in [1.54, 1.807) is 20.8 Å². The van der Waals surface area contributed by atoms with Crippen LogP contribution in [0.5, 0.6) is 0 Å². The van der Waals surface area contributed by atoms with Crippen LogP contribution in [-0.2, 0) is 38.3 Å². The van der Waals surface area contributed by atoms with Crippen LogP contribution in [-0.4, -0.2) is 52.9 Å². The van der Waals surface area contributed by atoms with Crippen molar-refractivity contribution in [3.05, 3.63) is 71.3 Å². The average molecular weight is 471 g/mol. The molecule has 0 aliphatic rings. The van der Waals surface area contributed by atoms with Crippen molar-refractivity contribution in [2.45, 2.75) is 64.6 Å². The number of hydrogen-bond donors (Lipinski definition) is 2. The van der Waals surface area contributed by atoms with Crippen molar-refractivity contribution in [3.8, 4) is 0 Å². The van der Waals surface area contributed by atoms with Crippen LogP contribution in [0.4, 0.5) is 4.79 Å². The van der Waals surface area contributed by atoms with Crippen LogP contribution in [0.3, 0.4) is 0 Å². The number of carboxylic acid groups (broad SMARTS) is 1. The van der Waals surface area contributed by atoms with Crippen LogP contribution in [0.25, 0.3) is 0 Å². The van der Waals surface area contributed by atoms with Crippen LogP contribution in [0.15, 0.2) is 54.6 Å². The van der Waals surface area contributed by atoms with Crippen LogP contribution in [0, 0.1) is 0 Å². The van der Waals surface area contributed by atoms with Gasteiger partial charge in [0.15, 0.2) is 6.04 Å². The van der Waals surface area contributed by atoms with Gasteiger partial charge in [-0.2, -0.15) is 0 Å². The third-order valence-corrected chi connectivity index (χ3v) is 5.11. The van der Waals surface area contributed by atoms with Gasteiger partial charge in [-0.3, -0.25) is 4.79 Å². The molecule has 0 saturated carbocycles. The molecule has 0 bridgehead atoms. The molecule has 0 aliphatic heterocycles. The minimum Gasteiger partial charge on any atom is -0.480 e. The van der Waals surface area contributed by atoms with Crippen LogP contribution >= 0.6 is 0 Å². The molecule has 184 valence electrons. The van der Waals surface area contributed by atoms with Crippen molar-refractivity contribution in [1.29, 1.82) is 0 Å². The molecule has 0 aromatic heterocycles. The van der Waals surface area contributed by atoms with E-state index in [0.717, 1.165) is 28.1 Å². The number of carbonyl (C=O) groups is 3. The summed E-state index contributed by atoms with van der Waals surface area (Å²) in [5, 5.41) is 10.9. The first-order chi connectivity index (χ1) is 16.0. The van der Waals surface area contributed by atoms with Gasteiger partial charge in [0, 0.05) is 12.8 Å². The number of hydrazine groups is 1. The first-order valence-electron chi connectivity index (χ1n) is 11.2. The lowest BCUT2D eigenvalue weighted by Gasteiger charge is -2.34. The van der Waals surface area contributed by atoms with Gasteiger partial charge in [-0.25, -0.2) is 20.0 Å². The summed E-state index contributed by atoms with van der Waals surface area (Å²) < 4.78 is 10.5. The van der Waals surface area contributed by atoms with Crippen molar-refractivity contribution >= 4 is 18.0 Å². The minimum atomic E-state index is -1.19. The molecule has 8 nitrogen and oxygen atoms in total. The predicted octanol–water partition coefficient (Wildman–Crippen LogP) is 3.77. The monoisotopic (exact) mass is 470 g/mol. The number of aliphatic carboxylic acids is 1. The Balaban J connectivity index is 2.39. The Kier molecular flexibility index (Phi) is 9.62. The predicted molar refractivity (Wildman–Crippen MR) is 128 cm³/mol. The summed E-state index contributed by atoms with van der Waals surface area (Å²) >= 11 is 0. The molecule has 2 N–H and O–H groups in total. The van der Waals surface area contributed by atoms with Crippen molar-refractivity contribution in [2.24, 2.45) is 0 Å². The summed E-state index contributed by atoms with van der Waals surface area (Å²) in [7, 11) is 1.22. The van der Waals surface area contributed by atoms with Crippen molar-refractivity contribution in [3.63, 3.8) is 0 Å². The highest BCUT2D eigenvalue weighted by Gasteiger charge is 2.37. The second-order valence-corrected chi connectivity index (χ2v) is 8.97. The molecule has 0 fully saturated rings. The SMILES string of the molecule is CCc1ccc(C[C@H](NN(C(=O)OC(C)(C)C)[C@@H](Cc2ccccc2)C(=O)OC)C(=O)O)cc1. The zero-order valence-corrected chi connectivity index (χ0v) is 20.4. The fourth-order valence-electron chi connectivity index (χ4n) is 3.34. The summed E-state index contributed by atoms with van der Waals surface area (Å²) in [6.45, 7) is 7.11. The zero-order valence-electron chi connectivity index (χ0n) is 20.4. The molecule has 0 spiro atoms. The Morgan fingerprint density at radius 1 is 0.941 bits per heavy atom. The highest BCUT2D eigenvalue weighted by molar-refractivity contribution is 5.82.